The summed E-state index contributed by atoms with van der Waals surface area (Å²) in [5.74, 6) is -0.0811. The number of rotatable bonds is 1. The van der Waals surface area contributed by atoms with Crippen LogP contribution in [0.3, 0.4) is 0 Å². The molecule has 0 aliphatic heterocycles. The van der Waals surface area contributed by atoms with E-state index in [0.29, 0.717) is 0 Å². The van der Waals surface area contributed by atoms with E-state index in [0.717, 1.165) is 0 Å². The third-order valence-corrected chi connectivity index (χ3v) is 1.63. The summed E-state index contributed by atoms with van der Waals surface area (Å²) in [4.78, 5) is 10.5. The Bertz CT molecular complexity index is 129. The van der Waals surface area contributed by atoms with Crippen LogP contribution >= 0.6 is 0 Å². The summed E-state index contributed by atoms with van der Waals surface area (Å²) in [6.45, 7) is 9.67. The molecular weight excluding hydrogens is 215 g/mol. The molecule has 11 heavy (non-hydrogen) atoms. The van der Waals surface area contributed by atoms with Crippen molar-refractivity contribution >= 4 is 5.91 Å². The Morgan fingerprint density at radius 1 is 1.36 bits per heavy atom. The molecule has 0 aliphatic carbocycles. The Hall–Kier alpha value is 0.574. The summed E-state index contributed by atoms with van der Waals surface area (Å²) in [6, 6.07) is 0.116. The van der Waals surface area contributed by atoms with Crippen molar-refractivity contribution in [3.05, 3.63) is 5.32 Å². The van der Waals surface area contributed by atoms with Gasteiger partial charge in [0, 0.05) is 38.6 Å². The molecular formula is C8H16NOY-. The van der Waals surface area contributed by atoms with Crippen molar-refractivity contribution in [1.82, 2.24) is 0 Å². The normalized spacial score (nSPS) is 13.2. The third kappa shape index (κ3) is 6.95. The van der Waals surface area contributed by atoms with Crippen molar-refractivity contribution in [3.8, 4) is 0 Å². The molecule has 2 nitrogen and oxygen atoms in total. The van der Waals surface area contributed by atoms with Gasteiger partial charge >= 0.3 is 0 Å². The predicted octanol–water partition coefficient (Wildman–Crippen LogP) is 2.34. The topological polar surface area (TPSA) is 31.2 Å². The van der Waals surface area contributed by atoms with E-state index in [9.17, 15) is 4.79 Å². The van der Waals surface area contributed by atoms with E-state index in [4.69, 9.17) is 0 Å². The first-order valence-corrected chi connectivity index (χ1v) is 3.55. The van der Waals surface area contributed by atoms with Crippen LogP contribution in [0.5, 0.6) is 0 Å². The fraction of sp³-hybridized carbons (Fsp3) is 0.875. The summed E-state index contributed by atoms with van der Waals surface area (Å²) < 4.78 is 0. The molecule has 0 bridgehead atoms. The van der Waals surface area contributed by atoms with Crippen LogP contribution in [0.1, 0.15) is 34.6 Å². The average molecular weight is 231 g/mol. The van der Waals surface area contributed by atoms with Gasteiger partial charge in [-0.2, -0.15) is 0 Å². The fourth-order valence-corrected chi connectivity index (χ4v) is 0.466. The second-order valence-electron chi connectivity index (χ2n) is 3.69. The van der Waals surface area contributed by atoms with Gasteiger partial charge in [-0.3, -0.25) is 0 Å². The van der Waals surface area contributed by atoms with E-state index < -0.39 is 0 Å². The van der Waals surface area contributed by atoms with Crippen molar-refractivity contribution in [3.63, 3.8) is 0 Å². The Labute approximate surface area is 94.4 Å². The molecule has 0 aromatic carbocycles. The van der Waals surface area contributed by atoms with Gasteiger partial charge in [0.2, 0.25) is 0 Å². The van der Waals surface area contributed by atoms with Crippen molar-refractivity contribution < 1.29 is 37.5 Å². The molecule has 1 atom stereocenters. The summed E-state index contributed by atoms with van der Waals surface area (Å²) in [7, 11) is 0. The van der Waals surface area contributed by atoms with Crippen LogP contribution in [0.25, 0.3) is 5.32 Å². The first-order valence-electron chi connectivity index (χ1n) is 3.55. The summed E-state index contributed by atoms with van der Waals surface area (Å²) in [6.07, 6.45) is 0. The van der Waals surface area contributed by atoms with E-state index in [1.807, 2.05) is 6.92 Å². The zero-order chi connectivity index (χ0) is 8.36. The van der Waals surface area contributed by atoms with Crippen LogP contribution in [0.4, 0.5) is 0 Å². The maximum atomic E-state index is 10.5. The molecule has 0 fully saturated rings. The molecule has 1 amide bonds. The van der Waals surface area contributed by atoms with Crippen LogP contribution in [0.15, 0.2) is 0 Å². The van der Waals surface area contributed by atoms with E-state index >= 15 is 0 Å². The van der Waals surface area contributed by atoms with Gasteiger partial charge in [-0.05, 0) is 6.92 Å². The molecule has 0 aromatic heterocycles. The average Bonchev–Trinajstić information content (AvgIpc) is 1.60. The molecule has 0 aliphatic rings. The molecule has 0 saturated heterocycles. The van der Waals surface area contributed by atoms with Gasteiger partial charge in [0.1, 0.15) is 0 Å². The zero-order valence-electron chi connectivity index (χ0n) is 8.01. The van der Waals surface area contributed by atoms with Gasteiger partial charge in [-0.25, -0.2) is 0 Å². The van der Waals surface area contributed by atoms with Gasteiger partial charge in [-0.15, -0.1) is 6.04 Å². The van der Waals surface area contributed by atoms with Gasteiger partial charge < -0.3 is 10.1 Å². The minimum atomic E-state index is -0.0811. The Morgan fingerprint density at radius 3 is 1.82 bits per heavy atom. The number of nitrogens with zero attached hydrogens (tertiary/aromatic N) is 1. The largest absolute Gasteiger partial charge is 0.651 e. The van der Waals surface area contributed by atoms with E-state index in [-0.39, 0.29) is 50.1 Å². The number of carbonyl (C=O) groups is 1. The summed E-state index contributed by atoms with van der Waals surface area (Å²) >= 11 is 0. The maximum Gasteiger partial charge on any atom is 0.0481 e. The monoisotopic (exact) mass is 231 g/mol. The molecule has 3 heteroatoms. The van der Waals surface area contributed by atoms with E-state index in [1.54, 1.807) is 0 Å². The molecule has 1 radical (unpaired) electrons. The van der Waals surface area contributed by atoms with Gasteiger partial charge in [0.25, 0.3) is 0 Å². The van der Waals surface area contributed by atoms with Crippen molar-refractivity contribution in [1.29, 1.82) is 0 Å². The Morgan fingerprint density at radius 2 is 1.73 bits per heavy atom. The molecule has 63 valence electrons. The van der Waals surface area contributed by atoms with Crippen molar-refractivity contribution in [2.75, 3.05) is 0 Å². The van der Waals surface area contributed by atoms with Crippen LogP contribution in [-0.4, -0.2) is 11.9 Å². The fourth-order valence-electron chi connectivity index (χ4n) is 0.466. The van der Waals surface area contributed by atoms with Crippen LogP contribution < -0.4 is 0 Å². The third-order valence-electron chi connectivity index (χ3n) is 1.63. The number of carbonyl (C=O) groups excluding carboxylic acids is 1. The Kier molecular flexibility index (Phi) is 6.75. The summed E-state index contributed by atoms with van der Waals surface area (Å²) in [5.41, 5.74) is 0.103. The molecule has 0 rings (SSSR count). The smallest absolute Gasteiger partial charge is 0.0481 e. The number of hydrogen-bond acceptors (Lipinski definition) is 1. The molecule has 0 aromatic rings. The first kappa shape index (κ1) is 14.1. The standard InChI is InChI=1S/C8H17NO.Y/c1-6(8(3,4)5)9-7(2)10;/h6H,1-5H3,(H,9,10);/p-1. The van der Waals surface area contributed by atoms with Gasteiger partial charge in [0.15, 0.2) is 0 Å². The van der Waals surface area contributed by atoms with Crippen molar-refractivity contribution in [2.45, 2.75) is 40.7 Å². The molecule has 0 N–H and O–H groups in total. The van der Waals surface area contributed by atoms with Gasteiger partial charge in [0.05, 0.1) is 0 Å². The molecule has 1 unspecified atom stereocenters. The van der Waals surface area contributed by atoms with Gasteiger partial charge in [-0.1, -0.05) is 33.1 Å². The number of hydrogen-bond donors (Lipinski definition) is 0. The van der Waals surface area contributed by atoms with Crippen molar-refractivity contribution in [2.24, 2.45) is 5.41 Å². The van der Waals surface area contributed by atoms with Crippen LogP contribution in [-0.2, 0) is 37.5 Å². The second kappa shape index (κ2) is 5.26. The predicted molar refractivity (Wildman–Crippen MR) is 43.0 cm³/mol. The Balaban J connectivity index is 0. The SMILES string of the molecule is CC(=O)[N-]C(C)C(C)(C)C.[Y]. The zero-order valence-corrected chi connectivity index (χ0v) is 10.8. The summed E-state index contributed by atoms with van der Waals surface area (Å²) in [5, 5.41) is 3.91. The molecule has 0 heterocycles. The van der Waals surface area contributed by atoms with Crippen LogP contribution in [0.2, 0.25) is 0 Å². The molecule has 0 spiro atoms. The second-order valence-corrected chi connectivity index (χ2v) is 3.69. The first-order chi connectivity index (χ1) is 4.34. The number of amides is 1. The van der Waals surface area contributed by atoms with E-state index in [1.165, 1.54) is 6.92 Å². The quantitative estimate of drug-likeness (QED) is 0.681. The van der Waals surface area contributed by atoms with E-state index in [2.05, 4.69) is 26.1 Å². The maximum absolute atomic E-state index is 10.5. The minimum Gasteiger partial charge on any atom is -0.651 e. The molecule has 0 saturated carbocycles. The van der Waals surface area contributed by atoms with Crippen LogP contribution in [0, 0.1) is 5.41 Å². The minimum absolute atomic E-state index is 0.